The highest BCUT2D eigenvalue weighted by molar-refractivity contribution is 5.93. The number of rotatable bonds is 8. The molecule has 3 aromatic rings. The maximum Gasteiger partial charge on any atom is 0.239 e. The summed E-state index contributed by atoms with van der Waals surface area (Å²) in [5, 5.41) is 50.6. The molecule has 13 nitrogen and oxygen atoms in total. The SMILES string of the molecule is COc1ccc(-c2oc3c(O[C@@H]4O[C@H](CO)[C@@H](O)[C@H](O)[C@H]4O)c(OC)cc(O)c3c(=O)c2OC)cc1OC. The molecule has 0 spiro atoms. The van der Waals surface area contributed by atoms with E-state index in [9.17, 15) is 30.3 Å². The Morgan fingerprint density at radius 3 is 2.13 bits per heavy atom. The van der Waals surface area contributed by atoms with Gasteiger partial charge in [0, 0.05) is 11.6 Å². The number of ether oxygens (including phenoxy) is 6. The molecule has 1 aliphatic rings. The van der Waals surface area contributed by atoms with E-state index in [4.69, 9.17) is 32.8 Å². The monoisotopic (exact) mass is 536 g/mol. The Morgan fingerprint density at radius 1 is 0.842 bits per heavy atom. The molecular formula is C25H28O13. The fourth-order valence-corrected chi connectivity index (χ4v) is 4.18. The van der Waals surface area contributed by atoms with Gasteiger partial charge in [0.1, 0.15) is 35.6 Å². The molecule has 5 atom stereocenters. The van der Waals surface area contributed by atoms with Crippen LogP contribution in [0.5, 0.6) is 34.5 Å². The van der Waals surface area contributed by atoms with E-state index in [2.05, 4.69) is 0 Å². The summed E-state index contributed by atoms with van der Waals surface area (Å²) in [4.78, 5) is 13.5. The lowest BCUT2D eigenvalue weighted by Crippen LogP contribution is -2.60. The van der Waals surface area contributed by atoms with E-state index in [0.29, 0.717) is 17.1 Å². The van der Waals surface area contributed by atoms with Crippen molar-refractivity contribution in [1.82, 2.24) is 0 Å². The minimum absolute atomic E-state index is 0.0581. The molecule has 0 aliphatic carbocycles. The number of aliphatic hydroxyl groups excluding tert-OH is 4. The molecule has 2 heterocycles. The first-order valence-electron chi connectivity index (χ1n) is 11.3. The van der Waals surface area contributed by atoms with Crippen molar-refractivity contribution in [2.45, 2.75) is 30.7 Å². The molecule has 38 heavy (non-hydrogen) atoms. The lowest BCUT2D eigenvalue weighted by atomic mass is 9.99. The fourth-order valence-electron chi connectivity index (χ4n) is 4.18. The van der Waals surface area contributed by atoms with Crippen LogP contribution in [0.4, 0.5) is 0 Å². The van der Waals surface area contributed by atoms with Gasteiger partial charge in [0.2, 0.25) is 23.2 Å². The molecule has 1 aromatic heterocycles. The number of phenolic OH excluding ortho intramolecular Hbond substituents is 1. The first-order valence-corrected chi connectivity index (χ1v) is 11.3. The topological polar surface area (TPSA) is 187 Å². The summed E-state index contributed by atoms with van der Waals surface area (Å²) >= 11 is 0. The summed E-state index contributed by atoms with van der Waals surface area (Å²) in [5.74, 6) is -0.430. The number of methoxy groups -OCH3 is 4. The molecule has 13 heteroatoms. The summed E-state index contributed by atoms with van der Waals surface area (Å²) in [7, 11) is 5.42. The van der Waals surface area contributed by atoms with Crippen LogP contribution in [0.3, 0.4) is 0 Å². The number of phenols is 1. The highest BCUT2D eigenvalue weighted by Crippen LogP contribution is 2.45. The Hall–Kier alpha value is -3.75. The van der Waals surface area contributed by atoms with Crippen LogP contribution in [0.1, 0.15) is 0 Å². The van der Waals surface area contributed by atoms with Crippen LogP contribution < -0.4 is 29.1 Å². The van der Waals surface area contributed by atoms with Crippen LogP contribution in [0, 0.1) is 0 Å². The standard InChI is InChI=1S/C25H28O13/c1-32-12-6-5-10(7-13(12)33-2)21-24(35-4)18(29)16-11(27)8-14(34-3)22(23(16)37-21)38-25-20(31)19(30)17(28)15(9-26)36-25/h5-8,15,17,19-20,25-28,30-31H,9H2,1-4H3/t15-,17-,19+,20-,25+/m1/s1. The van der Waals surface area contributed by atoms with Crippen LogP contribution in [0.25, 0.3) is 22.3 Å². The molecule has 1 aliphatic heterocycles. The second kappa shape index (κ2) is 10.9. The van der Waals surface area contributed by atoms with Gasteiger partial charge in [-0.2, -0.15) is 0 Å². The summed E-state index contributed by atoms with van der Waals surface area (Å²) < 4.78 is 38.5. The predicted octanol–water partition coefficient (Wildman–Crippen LogP) is 0.379. The van der Waals surface area contributed by atoms with Crippen LogP contribution in [0.15, 0.2) is 33.5 Å². The van der Waals surface area contributed by atoms with Crippen molar-refractivity contribution in [3.63, 3.8) is 0 Å². The number of hydrogen-bond acceptors (Lipinski definition) is 13. The van der Waals surface area contributed by atoms with E-state index < -0.39 is 48.5 Å². The summed E-state index contributed by atoms with van der Waals surface area (Å²) in [6.07, 6.45) is -8.01. The molecule has 1 saturated heterocycles. The van der Waals surface area contributed by atoms with Gasteiger partial charge in [0.25, 0.3) is 0 Å². The summed E-state index contributed by atoms with van der Waals surface area (Å²) in [6, 6.07) is 5.82. The lowest BCUT2D eigenvalue weighted by molar-refractivity contribution is -0.277. The van der Waals surface area contributed by atoms with E-state index in [1.54, 1.807) is 18.2 Å². The third-order valence-corrected chi connectivity index (χ3v) is 6.18. The van der Waals surface area contributed by atoms with Crippen molar-refractivity contribution in [1.29, 1.82) is 0 Å². The molecule has 5 N–H and O–H groups in total. The Morgan fingerprint density at radius 2 is 1.53 bits per heavy atom. The molecule has 2 aromatic carbocycles. The number of benzene rings is 2. The lowest BCUT2D eigenvalue weighted by Gasteiger charge is -2.39. The zero-order valence-electron chi connectivity index (χ0n) is 20.9. The number of aromatic hydroxyl groups is 1. The van der Waals surface area contributed by atoms with Crippen molar-refractivity contribution < 1.29 is 58.4 Å². The quantitative estimate of drug-likeness (QED) is 0.266. The van der Waals surface area contributed by atoms with Gasteiger partial charge in [-0.25, -0.2) is 0 Å². The van der Waals surface area contributed by atoms with Gasteiger partial charge in [-0.05, 0) is 18.2 Å². The van der Waals surface area contributed by atoms with Crippen LogP contribution in [0.2, 0.25) is 0 Å². The normalized spacial score (nSPS) is 23.2. The smallest absolute Gasteiger partial charge is 0.239 e. The number of hydrogen-bond donors (Lipinski definition) is 5. The number of aliphatic hydroxyl groups is 4. The Kier molecular flexibility index (Phi) is 7.85. The molecule has 0 bridgehead atoms. The molecule has 0 saturated carbocycles. The zero-order chi connectivity index (χ0) is 27.7. The van der Waals surface area contributed by atoms with Crippen molar-refractivity contribution in [3.05, 3.63) is 34.5 Å². The van der Waals surface area contributed by atoms with E-state index in [0.717, 1.165) is 6.07 Å². The Bertz CT molecular complexity index is 1370. The first-order chi connectivity index (χ1) is 18.2. The third kappa shape index (κ3) is 4.54. The first kappa shape index (κ1) is 27.3. The average molecular weight is 536 g/mol. The highest BCUT2D eigenvalue weighted by atomic mass is 16.7. The molecule has 0 amide bonds. The van der Waals surface area contributed by atoms with E-state index in [1.807, 2.05) is 0 Å². The van der Waals surface area contributed by atoms with Crippen molar-refractivity contribution in [3.8, 4) is 45.8 Å². The van der Waals surface area contributed by atoms with E-state index in [-0.39, 0.29) is 34.0 Å². The molecule has 206 valence electrons. The molecule has 0 unspecified atom stereocenters. The molecule has 4 rings (SSSR count). The van der Waals surface area contributed by atoms with Gasteiger partial charge >= 0.3 is 0 Å². The Balaban J connectivity index is 1.95. The van der Waals surface area contributed by atoms with Gasteiger partial charge < -0.3 is 58.4 Å². The molecule has 1 fully saturated rings. The number of fused-ring (bicyclic) bond motifs is 1. The van der Waals surface area contributed by atoms with E-state index >= 15 is 0 Å². The second-order valence-electron chi connectivity index (χ2n) is 8.31. The fraction of sp³-hybridized carbons (Fsp3) is 0.400. The molecular weight excluding hydrogens is 508 g/mol. The van der Waals surface area contributed by atoms with Crippen LogP contribution >= 0.6 is 0 Å². The minimum atomic E-state index is -1.77. The van der Waals surface area contributed by atoms with E-state index in [1.165, 1.54) is 28.4 Å². The minimum Gasteiger partial charge on any atom is -0.507 e. The van der Waals surface area contributed by atoms with Crippen molar-refractivity contribution in [2.24, 2.45) is 0 Å². The Labute approximate surface area is 215 Å². The predicted molar refractivity (Wildman–Crippen MR) is 130 cm³/mol. The largest absolute Gasteiger partial charge is 0.507 e. The van der Waals surface area contributed by atoms with Crippen molar-refractivity contribution in [2.75, 3.05) is 35.0 Å². The highest BCUT2D eigenvalue weighted by Gasteiger charge is 2.45. The van der Waals surface area contributed by atoms with Crippen LogP contribution in [-0.2, 0) is 4.74 Å². The third-order valence-electron chi connectivity index (χ3n) is 6.18. The van der Waals surface area contributed by atoms with Gasteiger partial charge in [-0.3, -0.25) is 4.79 Å². The van der Waals surface area contributed by atoms with Gasteiger partial charge in [-0.1, -0.05) is 0 Å². The van der Waals surface area contributed by atoms with Crippen molar-refractivity contribution >= 4 is 11.0 Å². The van der Waals surface area contributed by atoms with Crippen LogP contribution in [-0.4, -0.2) is 91.3 Å². The summed E-state index contributed by atoms with van der Waals surface area (Å²) in [6.45, 7) is -0.687. The van der Waals surface area contributed by atoms with Gasteiger partial charge in [0.05, 0.1) is 35.0 Å². The van der Waals surface area contributed by atoms with Gasteiger partial charge in [0.15, 0.2) is 28.6 Å². The maximum absolute atomic E-state index is 13.5. The summed E-state index contributed by atoms with van der Waals surface area (Å²) in [5.41, 5.74) is -0.702. The molecule has 0 radical (unpaired) electrons. The average Bonchev–Trinajstić information content (AvgIpc) is 2.93. The van der Waals surface area contributed by atoms with Gasteiger partial charge in [-0.15, -0.1) is 0 Å². The maximum atomic E-state index is 13.5. The zero-order valence-corrected chi connectivity index (χ0v) is 20.9. The second-order valence-corrected chi connectivity index (χ2v) is 8.31.